The van der Waals surface area contributed by atoms with E-state index < -0.39 is 0 Å². The molecule has 1 saturated heterocycles. The highest BCUT2D eigenvalue weighted by Crippen LogP contribution is 2.22. The second-order valence-electron chi connectivity index (χ2n) is 6.55. The Labute approximate surface area is 147 Å². The van der Waals surface area contributed by atoms with Gasteiger partial charge in [-0.25, -0.2) is 4.98 Å². The number of piperidine rings is 1. The van der Waals surface area contributed by atoms with Crippen LogP contribution >= 0.6 is 11.8 Å². The number of hydrogen-bond donors (Lipinski definition) is 1. The van der Waals surface area contributed by atoms with Gasteiger partial charge in [0.25, 0.3) is 0 Å². The normalized spacial score (nSPS) is 19.6. The van der Waals surface area contributed by atoms with Crippen molar-refractivity contribution < 1.29 is 4.79 Å². The second kappa shape index (κ2) is 7.57. The first-order chi connectivity index (χ1) is 11.6. The van der Waals surface area contributed by atoms with Gasteiger partial charge in [0.1, 0.15) is 12.4 Å². The predicted molar refractivity (Wildman–Crippen MR) is 100.0 cm³/mol. The van der Waals surface area contributed by atoms with Crippen molar-refractivity contribution in [3.05, 3.63) is 30.1 Å². The van der Waals surface area contributed by atoms with E-state index in [0.717, 1.165) is 48.4 Å². The van der Waals surface area contributed by atoms with Gasteiger partial charge in [-0.05, 0) is 44.6 Å². The van der Waals surface area contributed by atoms with Crippen LogP contribution in [0.2, 0.25) is 0 Å². The van der Waals surface area contributed by atoms with Gasteiger partial charge in [-0.2, -0.15) is 11.8 Å². The summed E-state index contributed by atoms with van der Waals surface area (Å²) in [7, 11) is 0. The molecule has 2 atom stereocenters. The largest absolute Gasteiger partial charge is 0.337 e. The molecule has 1 aliphatic rings. The summed E-state index contributed by atoms with van der Waals surface area (Å²) in [6, 6.07) is 8.20. The Morgan fingerprint density at radius 1 is 1.42 bits per heavy atom. The van der Waals surface area contributed by atoms with Gasteiger partial charge in [-0.1, -0.05) is 12.1 Å². The number of fused-ring (bicyclic) bond motifs is 1. The molecule has 5 nitrogen and oxygen atoms in total. The molecule has 1 amide bonds. The Hall–Kier alpha value is -1.53. The fraction of sp³-hybridized carbons (Fsp3) is 0.556. The molecule has 24 heavy (non-hydrogen) atoms. The summed E-state index contributed by atoms with van der Waals surface area (Å²) in [4.78, 5) is 19.7. The number of carbonyl (C=O) groups is 1. The van der Waals surface area contributed by atoms with Gasteiger partial charge in [-0.15, -0.1) is 0 Å². The third-order valence-electron chi connectivity index (χ3n) is 4.78. The molecule has 2 unspecified atom stereocenters. The molecule has 1 aliphatic heterocycles. The predicted octanol–water partition coefficient (Wildman–Crippen LogP) is 2.63. The van der Waals surface area contributed by atoms with Crippen molar-refractivity contribution in [1.29, 1.82) is 0 Å². The summed E-state index contributed by atoms with van der Waals surface area (Å²) >= 11 is 1.72. The highest BCUT2D eigenvalue weighted by atomic mass is 32.2. The molecule has 1 fully saturated rings. The van der Waals surface area contributed by atoms with Gasteiger partial charge in [-0.3, -0.25) is 4.79 Å². The highest BCUT2D eigenvalue weighted by Gasteiger charge is 2.29. The number of amides is 1. The zero-order valence-electron chi connectivity index (χ0n) is 14.4. The minimum atomic E-state index is 0.0134. The van der Waals surface area contributed by atoms with E-state index in [1.807, 2.05) is 36.1 Å². The Balaban J connectivity index is 1.88. The first-order valence-electron chi connectivity index (χ1n) is 8.60. The molecule has 0 bridgehead atoms. The van der Waals surface area contributed by atoms with Gasteiger partial charge in [0.05, 0.1) is 16.8 Å². The van der Waals surface area contributed by atoms with Crippen LogP contribution in [0.5, 0.6) is 0 Å². The van der Waals surface area contributed by atoms with Crippen LogP contribution in [0.4, 0.5) is 0 Å². The Morgan fingerprint density at radius 2 is 2.21 bits per heavy atom. The molecule has 1 aromatic heterocycles. The molecular weight excluding hydrogens is 320 g/mol. The Morgan fingerprint density at radius 3 is 2.96 bits per heavy atom. The van der Waals surface area contributed by atoms with Crippen LogP contribution in [0.15, 0.2) is 24.3 Å². The van der Waals surface area contributed by atoms with Crippen molar-refractivity contribution in [2.45, 2.75) is 50.6 Å². The maximum Gasteiger partial charge on any atom is 0.242 e. The molecule has 6 heteroatoms. The van der Waals surface area contributed by atoms with Gasteiger partial charge < -0.3 is 15.2 Å². The maximum atomic E-state index is 13.0. The Bertz CT molecular complexity index is 712. The van der Waals surface area contributed by atoms with Gasteiger partial charge >= 0.3 is 0 Å². The van der Waals surface area contributed by atoms with Crippen LogP contribution in [0.1, 0.15) is 32.0 Å². The number of likely N-dealkylation sites (tertiary alicyclic amines) is 1. The van der Waals surface area contributed by atoms with E-state index in [4.69, 9.17) is 10.7 Å². The second-order valence-corrected chi connectivity index (χ2v) is 7.41. The number of thioether (sulfide) groups is 1. The zero-order valence-corrected chi connectivity index (χ0v) is 15.3. The maximum absolute atomic E-state index is 13.0. The van der Waals surface area contributed by atoms with Crippen LogP contribution in [-0.2, 0) is 17.1 Å². The van der Waals surface area contributed by atoms with Crippen molar-refractivity contribution >= 4 is 28.7 Å². The number of nitrogens with two attached hydrogens (primary N) is 1. The van der Waals surface area contributed by atoms with Crippen molar-refractivity contribution in [2.24, 2.45) is 5.73 Å². The topological polar surface area (TPSA) is 64.2 Å². The zero-order chi connectivity index (χ0) is 17.1. The number of aromatic nitrogens is 2. The van der Waals surface area contributed by atoms with Crippen LogP contribution in [0, 0.1) is 0 Å². The van der Waals surface area contributed by atoms with E-state index in [0.29, 0.717) is 6.54 Å². The van der Waals surface area contributed by atoms with E-state index in [9.17, 15) is 4.79 Å². The van der Waals surface area contributed by atoms with E-state index in [1.165, 1.54) is 0 Å². The number of imidazole rings is 1. The fourth-order valence-corrected chi connectivity index (χ4v) is 4.06. The lowest BCUT2D eigenvalue weighted by Gasteiger charge is -2.38. The van der Waals surface area contributed by atoms with E-state index >= 15 is 0 Å². The molecule has 0 saturated carbocycles. The van der Waals surface area contributed by atoms with E-state index in [2.05, 4.69) is 10.8 Å². The number of hydrogen-bond acceptors (Lipinski definition) is 4. The van der Waals surface area contributed by atoms with Crippen LogP contribution in [0.3, 0.4) is 0 Å². The van der Waals surface area contributed by atoms with Crippen LogP contribution in [0.25, 0.3) is 11.0 Å². The summed E-state index contributed by atoms with van der Waals surface area (Å²) in [5, 5.41) is 0. The lowest BCUT2D eigenvalue weighted by atomic mass is 9.97. The van der Waals surface area contributed by atoms with Crippen LogP contribution < -0.4 is 5.73 Å². The molecule has 130 valence electrons. The van der Waals surface area contributed by atoms with Gasteiger partial charge in [0.2, 0.25) is 5.91 Å². The first kappa shape index (κ1) is 17.3. The molecule has 2 aromatic rings. The summed E-state index contributed by atoms with van der Waals surface area (Å²) in [5.41, 5.74) is 8.11. The van der Waals surface area contributed by atoms with Crippen molar-refractivity contribution in [2.75, 3.05) is 12.8 Å². The monoisotopic (exact) mass is 346 g/mol. The summed E-state index contributed by atoms with van der Waals surface area (Å²) < 4.78 is 2.07. The standard InChI is InChI=1S/C18H26N4OS/c1-13(19)15-8-5-6-10-21(15)18(23)11-22-16-9-4-3-7-14(16)20-17(22)12-24-2/h3-4,7,9,13,15H,5-6,8,10-12,19H2,1-2H3. The molecule has 0 radical (unpaired) electrons. The van der Waals surface area contributed by atoms with E-state index in [1.54, 1.807) is 11.8 Å². The van der Waals surface area contributed by atoms with Gasteiger partial charge in [0, 0.05) is 18.6 Å². The third-order valence-corrected chi connectivity index (χ3v) is 5.32. The molecule has 3 rings (SSSR count). The average molecular weight is 347 g/mol. The number of para-hydroxylation sites is 2. The minimum Gasteiger partial charge on any atom is -0.337 e. The summed E-state index contributed by atoms with van der Waals surface area (Å²) in [6.07, 6.45) is 5.28. The highest BCUT2D eigenvalue weighted by molar-refractivity contribution is 7.97. The molecule has 2 heterocycles. The average Bonchev–Trinajstić information content (AvgIpc) is 2.93. The molecule has 1 aromatic carbocycles. The molecule has 2 N–H and O–H groups in total. The molecule has 0 aliphatic carbocycles. The number of nitrogens with zero attached hydrogens (tertiary/aromatic N) is 3. The first-order valence-corrected chi connectivity index (χ1v) is 9.99. The summed E-state index contributed by atoms with van der Waals surface area (Å²) in [5.74, 6) is 1.92. The lowest BCUT2D eigenvalue weighted by Crippen LogP contribution is -2.52. The van der Waals surface area contributed by atoms with Crippen molar-refractivity contribution in [3.63, 3.8) is 0 Å². The third kappa shape index (κ3) is 3.44. The SMILES string of the molecule is CSCc1nc2ccccc2n1CC(=O)N1CCCCC1C(C)N. The molecule has 0 spiro atoms. The van der Waals surface area contributed by atoms with Crippen molar-refractivity contribution in [3.8, 4) is 0 Å². The number of benzene rings is 1. The number of rotatable bonds is 5. The lowest BCUT2D eigenvalue weighted by molar-refractivity contribution is -0.135. The summed E-state index contributed by atoms with van der Waals surface area (Å²) in [6.45, 7) is 3.16. The number of carbonyl (C=O) groups excluding carboxylic acids is 1. The minimum absolute atomic E-state index is 0.0134. The smallest absolute Gasteiger partial charge is 0.242 e. The van der Waals surface area contributed by atoms with Gasteiger partial charge in [0.15, 0.2) is 0 Å². The Kier molecular flexibility index (Phi) is 5.46. The quantitative estimate of drug-likeness (QED) is 0.904. The van der Waals surface area contributed by atoms with Crippen molar-refractivity contribution in [1.82, 2.24) is 14.5 Å². The fourth-order valence-electron chi connectivity index (χ4n) is 3.58. The van der Waals surface area contributed by atoms with Crippen LogP contribution in [-0.4, -0.2) is 45.2 Å². The molecular formula is C18H26N4OS. The van der Waals surface area contributed by atoms with E-state index in [-0.39, 0.29) is 18.0 Å².